The van der Waals surface area contributed by atoms with Crippen LogP contribution in [0.15, 0.2) is 81.7 Å². The number of aliphatic imine (C=N–C) groups is 1. The molecule has 0 atom stereocenters. The lowest BCUT2D eigenvalue weighted by molar-refractivity contribution is -0.138. The van der Waals surface area contributed by atoms with Gasteiger partial charge in [-0.3, -0.25) is 9.98 Å². The van der Waals surface area contributed by atoms with Gasteiger partial charge in [-0.1, -0.05) is 41.6 Å². The Morgan fingerprint density at radius 3 is 2.56 bits per heavy atom. The van der Waals surface area contributed by atoms with Crippen molar-refractivity contribution in [2.45, 2.75) is 16.0 Å². The minimum atomic E-state index is -4.47. The SMILES string of the molecule is CN1CCN=C(/C=C/c2ncc(C(F)(F)F)cc2Sc2ccc(Cl)cc2)c2ccccc21. The highest BCUT2D eigenvalue weighted by Crippen LogP contribution is 2.36. The van der Waals surface area contributed by atoms with Crippen molar-refractivity contribution in [1.82, 2.24) is 4.98 Å². The van der Waals surface area contributed by atoms with E-state index in [0.717, 1.165) is 40.7 Å². The molecule has 0 saturated heterocycles. The Hall–Kier alpha value is -2.77. The number of halogens is 4. The molecule has 0 unspecified atom stereocenters. The summed E-state index contributed by atoms with van der Waals surface area (Å²) in [5.74, 6) is 0. The average Bonchev–Trinajstić information content (AvgIpc) is 2.93. The summed E-state index contributed by atoms with van der Waals surface area (Å²) in [7, 11) is 2.01. The number of nitrogens with zero attached hydrogens (tertiary/aromatic N) is 3. The molecule has 8 heteroatoms. The van der Waals surface area contributed by atoms with Crippen molar-refractivity contribution in [3.05, 3.63) is 88.7 Å². The number of rotatable bonds is 4. The van der Waals surface area contributed by atoms with Crippen LogP contribution >= 0.6 is 23.4 Å². The number of benzodiazepines with no additional fused rings is 1. The van der Waals surface area contributed by atoms with Gasteiger partial charge in [0.05, 0.1) is 23.5 Å². The van der Waals surface area contributed by atoms with Crippen LogP contribution in [0.2, 0.25) is 5.02 Å². The van der Waals surface area contributed by atoms with Gasteiger partial charge in [0.25, 0.3) is 0 Å². The van der Waals surface area contributed by atoms with Gasteiger partial charge >= 0.3 is 6.18 Å². The predicted octanol–water partition coefficient (Wildman–Crippen LogP) is 6.86. The summed E-state index contributed by atoms with van der Waals surface area (Å²) in [6.45, 7) is 1.40. The fourth-order valence-corrected chi connectivity index (χ4v) is 4.36. The summed E-state index contributed by atoms with van der Waals surface area (Å²) in [4.78, 5) is 12.1. The molecule has 0 amide bonds. The van der Waals surface area contributed by atoms with Gasteiger partial charge in [0, 0.05) is 45.9 Å². The number of hydrogen-bond donors (Lipinski definition) is 0. The highest BCUT2D eigenvalue weighted by molar-refractivity contribution is 7.99. The summed E-state index contributed by atoms with van der Waals surface area (Å²) in [6, 6.07) is 16.0. The minimum Gasteiger partial charge on any atom is -0.372 e. The van der Waals surface area contributed by atoms with E-state index in [9.17, 15) is 13.2 Å². The molecule has 1 aromatic heterocycles. The van der Waals surface area contributed by atoms with Crippen molar-refractivity contribution in [1.29, 1.82) is 0 Å². The number of anilines is 1. The monoisotopic (exact) mass is 473 g/mol. The first-order valence-corrected chi connectivity index (χ1v) is 11.0. The third-order valence-corrected chi connectivity index (χ3v) is 6.27. The summed E-state index contributed by atoms with van der Waals surface area (Å²) >= 11 is 7.14. The minimum absolute atomic E-state index is 0.401. The van der Waals surface area contributed by atoms with Gasteiger partial charge in [0.2, 0.25) is 0 Å². The highest BCUT2D eigenvalue weighted by atomic mass is 35.5. The van der Waals surface area contributed by atoms with Crippen molar-refractivity contribution >= 4 is 40.8 Å². The van der Waals surface area contributed by atoms with E-state index in [2.05, 4.69) is 14.9 Å². The Morgan fingerprint density at radius 1 is 1.06 bits per heavy atom. The van der Waals surface area contributed by atoms with Crippen molar-refractivity contribution in [3.8, 4) is 0 Å². The van der Waals surface area contributed by atoms with Crippen LogP contribution in [0.25, 0.3) is 6.08 Å². The first-order valence-electron chi connectivity index (χ1n) is 9.85. The Labute approximate surface area is 193 Å². The van der Waals surface area contributed by atoms with Crippen LogP contribution in [0, 0.1) is 0 Å². The highest BCUT2D eigenvalue weighted by Gasteiger charge is 2.31. The van der Waals surface area contributed by atoms with E-state index >= 15 is 0 Å². The van der Waals surface area contributed by atoms with Crippen LogP contribution in [-0.4, -0.2) is 30.8 Å². The molecule has 0 saturated carbocycles. The fourth-order valence-electron chi connectivity index (χ4n) is 3.30. The molecule has 2 heterocycles. The van der Waals surface area contributed by atoms with Gasteiger partial charge in [0.15, 0.2) is 0 Å². The maximum Gasteiger partial charge on any atom is 0.417 e. The molecule has 3 aromatic rings. The molecule has 0 radical (unpaired) electrons. The number of allylic oxidation sites excluding steroid dienone is 1. The summed E-state index contributed by atoms with van der Waals surface area (Å²) in [5, 5.41) is 0.562. The summed E-state index contributed by atoms with van der Waals surface area (Å²) in [5.41, 5.74) is 2.46. The van der Waals surface area contributed by atoms with Crippen molar-refractivity contribution in [2.24, 2.45) is 4.99 Å². The fraction of sp³-hybridized carbons (Fsp3) is 0.167. The first kappa shape index (κ1) is 22.4. The van der Waals surface area contributed by atoms with Gasteiger partial charge in [-0.05, 0) is 48.6 Å². The molecule has 164 valence electrons. The second-order valence-corrected chi connectivity index (χ2v) is 8.75. The Bertz CT molecular complexity index is 1170. The zero-order chi connectivity index (χ0) is 22.7. The third kappa shape index (κ3) is 5.16. The smallest absolute Gasteiger partial charge is 0.372 e. The van der Waals surface area contributed by atoms with Crippen LogP contribution in [0.4, 0.5) is 18.9 Å². The zero-order valence-electron chi connectivity index (χ0n) is 17.1. The number of hydrogen-bond acceptors (Lipinski definition) is 4. The second-order valence-electron chi connectivity index (χ2n) is 7.20. The summed E-state index contributed by atoms with van der Waals surface area (Å²) < 4.78 is 39.9. The lowest BCUT2D eigenvalue weighted by Gasteiger charge is -2.18. The normalized spacial score (nSPS) is 14.3. The van der Waals surface area contributed by atoms with Crippen LogP contribution in [-0.2, 0) is 6.18 Å². The quantitative estimate of drug-likeness (QED) is 0.414. The molecule has 4 rings (SSSR count). The summed E-state index contributed by atoms with van der Waals surface area (Å²) in [6.07, 6.45) is -0.0689. The van der Waals surface area contributed by atoms with E-state index in [4.69, 9.17) is 11.6 Å². The van der Waals surface area contributed by atoms with Crippen molar-refractivity contribution in [2.75, 3.05) is 25.0 Å². The zero-order valence-corrected chi connectivity index (χ0v) is 18.7. The van der Waals surface area contributed by atoms with E-state index in [1.165, 1.54) is 11.8 Å². The molecule has 1 aliphatic heterocycles. The number of fused-ring (bicyclic) bond motifs is 1. The lowest BCUT2D eigenvalue weighted by atomic mass is 10.1. The maximum absolute atomic E-state index is 13.3. The second kappa shape index (κ2) is 9.38. The molecule has 1 aliphatic rings. The molecule has 32 heavy (non-hydrogen) atoms. The van der Waals surface area contributed by atoms with Crippen LogP contribution < -0.4 is 4.90 Å². The average molecular weight is 474 g/mol. The molecule has 0 bridgehead atoms. The number of para-hydroxylation sites is 1. The van der Waals surface area contributed by atoms with E-state index in [-0.39, 0.29) is 0 Å². The van der Waals surface area contributed by atoms with E-state index in [1.54, 1.807) is 30.3 Å². The Kier molecular flexibility index (Phi) is 6.58. The lowest BCUT2D eigenvalue weighted by Crippen LogP contribution is -2.20. The van der Waals surface area contributed by atoms with Crippen LogP contribution in [0.1, 0.15) is 16.8 Å². The molecule has 2 aromatic carbocycles. The van der Waals surface area contributed by atoms with E-state index in [0.29, 0.717) is 22.2 Å². The van der Waals surface area contributed by atoms with Gasteiger partial charge in [-0.15, -0.1) is 0 Å². The standard InChI is InChI=1S/C24H19ClF3N3S/c1-31-13-12-29-20(19-4-2-3-5-22(19)31)10-11-21-23(14-16(15-30-21)24(26,27)28)32-18-8-6-17(25)7-9-18/h2-11,14-15H,12-13H2,1H3/b11-10+. The topological polar surface area (TPSA) is 28.5 Å². The van der Waals surface area contributed by atoms with Gasteiger partial charge < -0.3 is 4.90 Å². The molecule has 3 nitrogen and oxygen atoms in total. The molecule has 0 spiro atoms. The molecular weight excluding hydrogens is 455 g/mol. The number of alkyl halides is 3. The maximum atomic E-state index is 13.3. The molecular formula is C24H19ClF3N3S. The number of benzene rings is 2. The molecule has 0 aliphatic carbocycles. The largest absolute Gasteiger partial charge is 0.417 e. The van der Waals surface area contributed by atoms with Gasteiger partial charge in [0.1, 0.15) is 0 Å². The third-order valence-electron chi connectivity index (χ3n) is 4.96. The predicted molar refractivity (Wildman–Crippen MR) is 125 cm³/mol. The first-order chi connectivity index (χ1) is 15.3. The number of likely N-dealkylation sites (N-methyl/N-ethyl adjacent to an activating group) is 1. The van der Waals surface area contributed by atoms with Crippen LogP contribution in [0.3, 0.4) is 0 Å². The van der Waals surface area contributed by atoms with Crippen molar-refractivity contribution < 1.29 is 13.2 Å². The van der Waals surface area contributed by atoms with Crippen LogP contribution in [0.5, 0.6) is 0 Å². The number of pyridine rings is 1. The number of aromatic nitrogens is 1. The Morgan fingerprint density at radius 2 is 1.81 bits per heavy atom. The molecule has 0 fully saturated rings. The molecule has 0 N–H and O–H groups in total. The Balaban J connectivity index is 1.71. The van der Waals surface area contributed by atoms with Crippen molar-refractivity contribution in [3.63, 3.8) is 0 Å². The van der Waals surface area contributed by atoms with E-state index < -0.39 is 11.7 Å². The van der Waals surface area contributed by atoms with E-state index in [1.807, 2.05) is 37.4 Å². The van der Waals surface area contributed by atoms with Gasteiger partial charge in [-0.2, -0.15) is 13.2 Å². The van der Waals surface area contributed by atoms with Gasteiger partial charge in [-0.25, -0.2) is 0 Å².